The van der Waals surface area contributed by atoms with Crippen LogP contribution in [0.2, 0.25) is 4.34 Å². The predicted octanol–water partition coefficient (Wildman–Crippen LogP) is 2.57. The number of halogens is 1. The van der Waals surface area contributed by atoms with Crippen LogP contribution in [0.4, 0.5) is 0 Å². The van der Waals surface area contributed by atoms with E-state index in [1.165, 1.54) is 28.0 Å². The van der Waals surface area contributed by atoms with Crippen LogP contribution in [0, 0.1) is 0 Å². The van der Waals surface area contributed by atoms with Gasteiger partial charge in [0.25, 0.3) is 0 Å². The number of hydrogen-bond acceptors (Lipinski definition) is 4. The van der Waals surface area contributed by atoms with Gasteiger partial charge >= 0.3 is 5.97 Å². The largest absolute Gasteiger partial charge is 0.481 e. The van der Waals surface area contributed by atoms with Gasteiger partial charge in [-0.1, -0.05) is 11.6 Å². The molecule has 0 aliphatic heterocycles. The van der Waals surface area contributed by atoms with Gasteiger partial charge in [-0.3, -0.25) is 9.59 Å². The summed E-state index contributed by atoms with van der Waals surface area (Å²) in [6.07, 6.45) is -0.0204. The highest BCUT2D eigenvalue weighted by Gasteiger charge is 2.10. The first-order chi connectivity index (χ1) is 8.49. The normalized spacial score (nSPS) is 10.3. The monoisotopic (exact) mass is 307 g/mol. The van der Waals surface area contributed by atoms with Crippen LogP contribution in [0.3, 0.4) is 0 Å². The molecule has 1 aromatic rings. The van der Waals surface area contributed by atoms with Crippen LogP contribution in [-0.4, -0.2) is 41.2 Å². The molecule has 1 aromatic heterocycles. The first-order valence-corrected chi connectivity index (χ1v) is 7.61. The van der Waals surface area contributed by atoms with Crippen LogP contribution >= 0.6 is 34.7 Å². The van der Waals surface area contributed by atoms with Crippen molar-refractivity contribution in [3.8, 4) is 0 Å². The highest BCUT2D eigenvalue weighted by Crippen LogP contribution is 2.25. The summed E-state index contributed by atoms with van der Waals surface area (Å²) in [7, 11) is 1.62. The standard InChI is InChI=1S/C11H14ClNO3S2/c1-13(5-4-11(15)16)10(14)7-17-6-8-2-3-9(12)18-8/h2-3H,4-7H2,1H3,(H,15,16). The quantitative estimate of drug-likeness (QED) is 0.841. The van der Waals surface area contributed by atoms with Crippen LogP contribution in [0.1, 0.15) is 11.3 Å². The fourth-order valence-electron chi connectivity index (χ4n) is 1.17. The predicted molar refractivity (Wildman–Crippen MR) is 75.4 cm³/mol. The van der Waals surface area contributed by atoms with E-state index in [2.05, 4.69) is 0 Å². The molecule has 1 rings (SSSR count). The number of hydrogen-bond donors (Lipinski definition) is 1. The average molecular weight is 308 g/mol. The molecule has 18 heavy (non-hydrogen) atoms. The first-order valence-electron chi connectivity index (χ1n) is 5.26. The third-order valence-electron chi connectivity index (χ3n) is 2.19. The second-order valence-electron chi connectivity index (χ2n) is 3.66. The van der Waals surface area contributed by atoms with E-state index in [4.69, 9.17) is 16.7 Å². The topological polar surface area (TPSA) is 57.6 Å². The van der Waals surface area contributed by atoms with Gasteiger partial charge in [0.05, 0.1) is 16.5 Å². The first kappa shape index (κ1) is 15.3. The molecule has 0 aliphatic rings. The minimum Gasteiger partial charge on any atom is -0.481 e. The van der Waals surface area contributed by atoms with Gasteiger partial charge in [-0.05, 0) is 12.1 Å². The van der Waals surface area contributed by atoms with E-state index in [-0.39, 0.29) is 18.9 Å². The van der Waals surface area contributed by atoms with Crippen LogP contribution in [0.5, 0.6) is 0 Å². The van der Waals surface area contributed by atoms with Gasteiger partial charge in [-0.25, -0.2) is 0 Å². The van der Waals surface area contributed by atoms with Crippen molar-refractivity contribution in [2.24, 2.45) is 0 Å². The van der Waals surface area contributed by atoms with E-state index >= 15 is 0 Å². The van der Waals surface area contributed by atoms with E-state index in [0.29, 0.717) is 5.75 Å². The molecule has 0 saturated heterocycles. The van der Waals surface area contributed by atoms with Crippen molar-refractivity contribution >= 4 is 46.6 Å². The zero-order valence-corrected chi connectivity index (χ0v) is 12.3. The second kappa shape index (κ2) is 7.66. The van der Waals surface area contributed by atoms with Crippen molar-refractivity contribution in [3.05, 3.63) is 21.3 Å². The highest BCUT2D eigenvalue weighted by atomic mass is 35.5. The van der Waals surface area contributed by atoms with E-state index in [1.807, 2.05) is 12.1 Å². The number of carboxylic acids is 1. The maximum absolute atomic E-state index is 11.6. The number of rotatable bonds is 7. The van der Waals surface area contributed by atoms with Crippen molar-refractivity contribution in [2.45, 2.75) is 12.2 Å². The molecule has 0 unspecified atom stereocenters. The number of amides is 1. The van der Waals surface area contributed by atoms with Gasteiger partial charge in [-0.2, -0.15) is 0 Å². The molecule has 0 atom stereocenters. The molecule has 7 heteroatoms. The van der Waals surface area contributed by atoms with Gasteiger partial charge < -0.3 is 10.0 Å². The Morgan fingerprint density at radius 1 is 1.50 bits per heavy atom. The lowest BCUT2D eigenvalue weighted by Crippen LogP contribution is -2.30. The summed E-state index contributed by atoms with van der Waals surface area (Å²) in [5.41, 5.74) is 0. The number of carbonyl (C=O) groups excluding carboxylic acids is 1. The minimum atomic E-state index is -0.893. The number of nitrogens with zero attached hydrogens (tertiary/aromatic N) is 1. The number of carbonyl (C=O) groups is 2. The SMILES string of the molecule is CN(CCC(=O)O)C(=O)CSCc1ccc(Cl)s1. The number of thiophene rings is 1. The summed E-state index contributed by atoms with van der Waals surface area (Å²) in [6, 6.07) is 3.78. The molecule has 0 aliphatic carbocycles. The van der Waals surface area contributed by atoms with Crippen LogP contribution < -0.4 is 0 Å². The Labute approximate surface area is 119 Å². The molecule has 0 saturated carbocycles. The van der Waals surface area contributed by atoms with Crippen LogP contribution in [-0.2, 0) is 15.3 Å². The van der Waals surface area contributed by atoms with E-state index in [0.717, 1.165) is 15.0 Å². The maximum atomic E-state index is 11.6. The average Bonchev–Trinajstić information content (AvgIpc) is 2.71. The molecule has 0 bridgehead atoms. The van der Waals surface area contributed by atoms with Gasteiger partial charge in [0.15, 0.2) is 0 Å². The Balaban J connectivity index is 2.22. The minimum absolute atomic E-state index is 0.0204. The van der Waals surface area contributed by atoms with E-state index in [9.17, 15) is 9.59 Å². The lowest BCUT2D eigenvalue weighted by Gasteiger charge is -2.15. The molecule has 0 fully saturated rings. The zero-order valence-electron chi connectivity index (χ0n) is 9.89. The Morgan fingerprint density at radius 3 is 2.78 bits per heavy atom. The lowest BCUT2D eigenvalue weighted by molar-refractivity contribution is -0.137. The number of carboxylic acid groups (broad SMARTS) is 1. The summed E-state index contributed by atoms with van der Waals surface area (Å²) in [5, 5.41) is 8.52. The van der Waals surface area contributed by atoms with Crippen molar-refractivity contribution in [3.63, 3.8) is 0 Å². The number of aliphatic carboxylic acids is 1. The van der Waals surface area contributed by atoms with Gasteiger partial charge in [-0.15, -0.1) is 23.1 Å². The zero-order chi connectivity index (χ0) is 13.5. The van der Waals surface area contributed by atoms with Crippen LogP contribution in [0.25, 0.3) is 0 Å². The summed E-state index contributed by atoms with van der Waals surface area (Å²) < 4.78 is 0.746. The smallest absolute Gasteiger partial charge is 0.305 e. The van der Waals surface area contributed by atoms with Crippen molar-refractivity contribution < 1.29 is 14.7 Å². The molecular weight excluding hydrogens is 294 g/mol. The van der Waals surface area contributed by atoms with Gasteiger partial charge in [0, 0.05) is 24.2 Å². The maximum Gasteiger partial charge on any atom is 0.305 e. The van der Waals surface area contributed by atoms with E-state index in [1.54, 1.807) is 7.05 Å². The molecule has 0 radical (unpaired) electrons. The molecular formula is C11H14ClNO3S2. The second-order valence-corrected chi connectivity index (χ2v) is 6.44. The fourth-order valence-corrected chi connectivity index (χ4v) is 3.33. The van der Waals surface area contributed by atoms with Gasteiger partial charge in [0.1, 0.15) is 0 Å². The fraction of sp³-hybridized carbons (Fsp3) is 0.455. The molecule has 100 valence electrons. The summed E-state index contributed by atoms with van der Waals surface area (Å²) in [6.45, 7) is 0.250. The van der Waals surface area contributed by atoms with Gasteiger partial charge in [0.2, 0.25) is 5.91 Å². The summed E-state index contributed by atoms with van der Waals surface area (Å²) in [5.74, 6) is 0.154. The molecule has 0 aromatic carbocycles. The number of thioether (sulfide) groups is 1. The molecule has 0 spiro atoms. The molecule has 1 amide bonds. The Kier molecular flexibility index (Phi) is 6.52. The summed E-state index contributed by atoms with van der Waals surface area (Å²) in [4.78, 5) is 24.6. The molecule has 1 heterocycles. The van der Waals surface area contributed by atoms with Crippen molar-refractivity contribution in [2.75, 3.05) is 19.3 Å². The Hall–Kier alpha value is -0.720. The highest BCUT2D eigenvalue weighted by molar-refractivity contribution is 7.99. The lowest BCUT2D eigenvalue weighted by atomic mass is 10.4. The molecule has 1 N–H and O–H groups in total. The van der Waals surface area contributed by atoms with Crippen molar-refractivity contribution in [1.29, 1.82) is 0 Å². The third kappa shape index (κ3) is 5.75. The summed E-state index contributed by atoms with van der Waals surface area (Å²) >= 11 is 8.81. The van der Waals surface area contributed by atoms with Crippen molar-refractivity contribution in [1.82, 2.24) is 4.90 Å². The molecule has 4 nitrogen and oxygen atoms in total. The third-order valence-corrected chi connectivity index (χ3v) is 4.57. The Bertz CT molecular complexity index is 422. The van der Waals surface area contributed by atoms with Crippen LogP contribution in [0.15, 0.2) is 12.1 Å². The Morgan fingerprint density at radius 2 is 2.22 bits per heavy atom. The van der Waals surface area contributed by atoms with E-state index < -0.39 is 5.97 Å².